The molecule has 0 aliphatic carbocycles. The second-order valence-electron chi connectivity index (χ2n) is 2.84. The summed E-state index contributed by atoms with van der Waals surface area (Å²) in [5.74, 6) is 0.150. The lowest BCUT2D eigenvalue weighted by molar-refractivity contribution is -0.153. The van der Waals surface area contributed by atoms with E-state index in [0.29, 0.717) is 10.0 Å². The van der Waals surface area contributed by atoms with Crippen LogP contribution in [0.5, 0.6) is 5.75 Å². The molecule has 0 spiro atoms. The van der Waals surface area contributed by atoms with Crippen LogP contribution in [-0.4, -0.2) is 12.8 Å². The third-order valence-corrected chi connectivity index (χ3v) is 2.27. The van der Waals surface area contributed by atoms with Crippen LogP contribution >= 0.6 is 15.9 Å². The molecular formula is C9H9BrF3NO. The van der Waals surface area contributed by atoms with Gasteiger partial charge in [-0.15, -0.1) is 0 Å². The molecule has 0 aromatic heterocycles. The highest BCUT2D eigenvalue weighted by Crippen LogP contribution is 2.30. The van der Waals surface area contributed by atoms with Gasteiger partial charge in [0, 0.05) is 12.1 Å². The van der Waals surface area contributed by atoms with Crippen LogP contribution in [0.4, 0.5) is 13.2 Å². The van der Waals surface area contributed by atoms with Crippen LogP contribution in [0.3, 0.4) is 0 Å². The largest absolute Gasteiger partial charge is 0.483 e. The molecule has 0 atom stereocenters. The summed E-state index contributed by atoms with van der Waals surface area (Å²) in [7, 11) is 0. The van der Waals surface area contributed by atoms with Crippen molar-refractivity contribution in [2.24, 2.45) is 5.73 Å². The van der Waals surface area contributed by atoms with E-state index in [0.717, 1.165) is 0 Å². The third kappa shape index (κ3) is 3.71. The van der Waals surface area contributed by atoms with Crippen LogP contribution in [0.1, 0.15) is 5.56 Å². The van der Waals surface area contributed by atoms with E-state index < -0.39 is 12.8 Å². The zero-order chi connectivity index (χ0) is 11.5. The summed E-state index contributed by atoms with van der Waals surface area (Å²) in [6.45, 7) is -1.19. The van der Waals surface area contributed by atoms with Gasteiger partial charge in [-0.05, 0) is 22.0 Å². The van der Waals surface area contributed by atoms with E-state index in [1.165, 1.54) is 0 Å². The van der Waals surface area contributed by atoms with Crippen molar-refractivity contribution in [3.63, 3.8) is 0 Å². The summed E-state index contributed by atoms with van der Waals surface area (Å²) >= 11 is 3.11. The topological polar surface area (TPSA) is 35.2 Å². The number of rotatable bonds is 3. The molecule has 0 aliphatic rings. The summed E-state index contributed by atoms with van der Waals surface area (Å²) in [4.78, 5) is 0. The highest BCUT2D eigenvalue weighted by atomic mass is 79.9. The number of halogens is 4. The van der Waals surface area contributed by atoms with Crippen molar-refractivity contribution < 1.29 is 17.9 Å². The molecule has 84 valence electrons. The molecular weight excluding hydrogens is 275 g/mol. The molecule has 0 fully saturated rings. The molecule has 0 aliphatic heterocycles. The van der Waals surface area contributed by atoms with E-state index in [2.05, 4.69) is 20.7 Å². The molecule has 0 amide bonds. The van der Waals surface area contributed by atoms with Crippen molar-refractivity contribution in [3.05, 3.63) is 28.2 Å². The van der Waals surface area contributed by atoms with E-state index in [4.69, 9.17) is 5.73 Å². The zero-order valence-electron chi connectivity index (χ0n) is 7.64. The highest BCUT2D eigenvalue weighted by Gasteiger charge is 2.29. The van der Waals surface area contributed by atoms with E-state index in [1.54, 1.807) is 18.2 Å². The van der Waals surface area contributed by atoms with E-state index in [9.17, 15) is 13.2 Å². The van der Waals surface area contributed by atoms with Gasteiger partial charge in [0.15, 0.2) is 6.61 Å². The van der Waals surface area contributed by atoms with Gasteiger partial charge in [0.25, 0.3) is 0 Å². The van der Waals surface area contributed by atoms with Crippen molar-refractivity contribution in [1.29, 1.82) is 0 Å². The van der Waals surface area contributed by atoms with E-state index in [-0.39, 0.29) is 12.3 Å². The number of ether oxygens (including phenoxy) is 1. The number of benzene rings is 1. The molecule has 0 saturated heterocycles. The molecule has 6 heteroatoms. The first-order valence-electron chi connectivity index (χ1n) is 4.11. The molecule has 0 heterocycles. The molecule has 0 radical (unpaired) electrons. The Labute approximate surface area is 93.3 Å². The molecule has 1 aromatic rings. The Balaban J connectivity index is 2.83. The molecule has 0 unspecified atom stereocenters. The van der Waals surface area contributed by atoms with E-state index in [1.807, 2.05) is 0 Å². The molecule has 1 aromatic carbocycles. The molecule has 0 bridgehead atoms. The quantitative estimate of drug-likeness (QED) is 0.926. The summed E-state index contributed by atoms with van der Waals surface area (Å²) in [5.41, 5.74) is 5.91. The maximum absolute atomic E-state index is 11.9. The average molecular weight is 284 g/mol. The van der Waals surface area contributed by atoms with Gasteiger partial charge in [-0.1, -0.05) is 12.1 Å². The fraction of sp³-hybridized carbons (Fsp3) is 0.333. The Morgan fingerprint density at radius 2 is 2.00 bits per heavy atom. The second kappa shape index (κ2) is 4.85. The van der Waals surface area contributed by atoms with Crippen LogP contribution in [0, 0.1) is 0 Å². The maximum atomic E-state index is 11.9. The minimum Gasteiger partial charge on any atom is -0.483 e. The van der Waals surface area contributed by atoms with Crippen LogP contribution in [0.15, 0.2) is 22.7 Å². The van der Waals surface area contributed by atoms with Gasteiger partial charge in [-0.2, -0.15) is 13.2 Å². The summed E-state index contributed by atoms with van der Waals surface area (Å²) in [5, 5.41) is 0. The van der Waals surface area contributed by atoms with Crippen molar-refractivity contribution >= 4 is 15.9 Å². The first kappa shape index (κ1) is 12.3. The summed E-state index contributed by atoms with van der Waals surface area (Å²) in [6, 6.07) is 4.91. The molecule has 0 saturated carbocycles. The van der Waals surface area contributed by atoms with Crippen LogP contribution < -0.4 is 10.5 Å². The zero-order valence-corrected chi connectivity index (χ0v) is 9.23. The van der Waals surface area contributed by atoms with Gasteiger partial charge in [0.05, 0.1) is 4.47 Å². The van der Waals surface area contributed by atoms with Crippen molar-refractivity contribution in [2.45, 2.75) is 12.7 Å². The predicted molar refractivity (Wildman–Crippen MR) is 53.6 cm³/mol. The minimum absolute atomic E-state index is 0.132. The van der Waals surface area contributed by atoms with Gasteiger partial charge in [0.2, 0.25) is 0 Å². The lowest BCUT2D eigenvalue weighted by Gasteiger charge is -2.13. The SMILES string of the molecule is NCc1cccc(Br)c1OCC(F)(F)F. The number of hydrogen-bond acceptors (Lipinski definition) is 2. The van der Waals surface area contributed by atoms with E-state index >= 15 is 0 Å². The third-order valence-electron chi connectivity index (χ3n) is 1.65. The first-order valence-corrected chi connectivity index (χ1v) is 4.90. The lowest BCUT2D eigenvalue weighted by atomic mass is 10.2. The molecule has 2 N–H and O–H groups in total. The Morgan fingerprint density at radius 3 is 2.53 bits per heavy atom. The van der Waals surface area contributed by atoms with Gasteiger partial charge in [-0.3, -0.25) is 0 Å². The van der Waals surface area contributed by atoms with Gasteiger partial charge in [0.1, 0.15) is 5.75 Å². The fourth-order valence-electron chi connectivity index (χ4n) is 1.03. The molecule has 1 rings (SSSR count). The fourth-order valence-corrected chi connectivity index (χ4v) is 1.55. The predicted octanol–water partition coefficient (Wildman–Crippen LogP) is 2.85. The van der Waals surface area contributed by atoms with Crippen LogP contribution in [-0.2, 0) is 6.54 Å². The number of para-hydroxylation sites is 1. The van der Waals surface area contributed by atoms with Gasteiger partial charge in [-0.25, -0.2) is 0 Å². The molecule has 2 nitrogen and oxygen atoms in total. The second-order valence-corrected chi connectivity index (χ2v) is 3.69. The van der Waals surface area contributed by atoms with Crippen molar-refractivity contribution in [1.82, 2.24) is 0 Å². The average Bonchev–Trinajstić information content (AvgIpc) is 2.14. The maximum Gasteiger partial charge on any atom is 0.422 e. The Hall–Kier alpha value is -0.750. The van der Waals surface area contributed by atoms with Crippen LogP contribution in [0.2, 0.25) is 0 Å². The first-order chi connectivity index (χ1) is 6.94. The van der Waals surface area contributed by atoms with Crippen molar-refractivity contribution in [3.8, 4) is 5.75 Å². The lowest BCUT2D eigenvalue weighted by Crippen LogP contribution is -2.20. The highest BCUT2D eigenvalue weighted by molar-refractivity contribution is 9.10. The summed E-state index contributed by atoms with van der Waals surface area (Å²) < 4.78 is 40.9. The normalized spacial score (nSPS) is 11.5. The number of hydrogen-bond donors (Lipinski definition) is 1. The Morgan fingerprint density at radius 1 is 1.33 bits per heavy atom. The number of alkyl halides is 3. The van der Waals surface area contributed by atoms with Gasteiger partial charge >= 0.3 is 6.18 Å². The monoisotopic (exact) mass is 283 g/mol. The molecule has 15 heavy (non-hydrogen) atoms. The Kier molecular flexibility index (Phi) is 3.98. The summed E-state index contributed by atoms with van der Waals surface area (Å²) in [6.07, 6.45) is -4.35. The van der Waals surface area contributed by atoms with Crippen molar-refractivity contribution in [2.75, 3.05) is 6.61 Å². The smallest absolute Gasteiger partial charge is 0.422 e. The standard InChI is InChI=1S/C9H9BrF3NO/c10-7-3-1-2-6(4-14)8(7)15-5-9(11,12)13/h1-3H,4-5,14H2. The minimum atomic E-state index is -4.35. The van der Waals surface area contributed by atoms with Gasteiger partial charge < -0.3 is 10.5 Å². The van der Waals surface area contributed by atoms with Crippen LogP contribution in [0.25, 0.3) is 0 Å². The number of nitrogens with two attached hydrogens (primary N) is 1. The Bertz CT molecular complexity index is 341.